The van der Waals surface area contributed by atoms with Gasteiger partial charge in [0, 0.05) is 30.9 Å². The molecule has 2 aliphatic rings. The van der Waals surface area contributed by atoms with Crippen LogP contribution in [0.25, 0.3) is 0 Å². The molecule has 1 fully saturated rings. The fourth-order valence-electron chi connectivity index (χ4n) is 4.62. The fourth-order valence-corrected chi connectivity index (χ4v) is 6.30. The molecule has 1 amide bonds. The first-order valence-corrected chi connectivity index (χ1v) is 11.8. The lowest BCUT2D eigenvalue weighted by molar-refractivity contribution is 0.0985. The van der Waals surface area contributed by atoms with Crippen LogP contribution in [0.5, 0.6) is 0 Å². The van der Waals surface area contributed by atoms with Crippen molar-refractivity contribution < 1.29 is 13.2 Å². The topological polar surface area (TPSA) is 57.7 Å². The summed E-state index contributed by atoms with van der Waals surface area (Å²) in [5, 5.41) is 0. The lowest BCUT2D eigenvalue weighted by atomic mass is 9.94. The highest BCUT2D eigenvalue weighted by atomic mass is 32.2. The van der Waals surface area contributed by atoms with Crippen LogP contribution in [0.3, 0.4) is 0 Å². The normalized spacial score (nSPS) is 22.9. The predicted molar refractivity (Wildman–Crippen MR) is 115 cm³/mol. The van der Waals surface area contributed by atoms with Gasteiger partial charge in [0.15, 0.2) is 0 Å². The average Bonchev–Trinajstić information content (AvgIpc) is 2.72. The molecule has 4 rings (SSSR count). The van der Waals surface area contributed by atoms with E-state index in [1.807, 2.05) is 18.2 Å². The molecule has 2 unspecified atom stereocenters. The molecule has 0 spiro atoms. The molecule has 29 heavy (non-hydrogen) atoms. The van der Waals surface area contributed by atoms with Crippen molar-refractivity contribution in [1.82, 2.24) is 4.31 Å². The van der Waals surface area contributed by atoms with Crippen molar-refractivity contribution in [2.45, 2.75) is 38.0 Å². The van der Waals surface area contributed by atoms with E-state index in [-0.39, 0.29) is 10.8 Å². The van der Waals surface area contributed by atoms with Gasteiger partial charge in [0.1, 0.15) is 0 Å². The number of amides is 1. The summed E-state index contributed by atoms with van der Waals surface area (Å²) in [6, 6.07) is 14.4. The van der Waals surface area contributed by atoms with Crippen molar-refractivity contribution in [3.8, 4) is 0 Å². The first kappa shape index (κ1) is 20.1. The van der Waals surface area contributed by atoms with E-state index >= 15 is 0 Å². The summed E-state index contributed by atoms with van der Waals surface area (Å²) in [6.45, 7) is 5.97. The average molecular weight is 413 g/mol. The van der Waals surface area contributed by atoms with E-state index in [2.05, 4.69) is 19.9 Å². The predicted octanol–water partition coefficient (Wildman–Crippen LogP) is 3.95. The van der Waals surface area contributed by atoms with Crippen LogP contribution in [0.1, 0.15) is 42.6 Å². The van der Waals surface area contributed by atoms with Gasteiger partial charge in [0.05, 0.1) is 4.90 Å². The van der Waals surface area contributed by atoms with E-state index in [4.69, 9.17) is 0 Å². The van der Waals surface area contributed by atoms with Crippen LogP contribution in [-0.4, -0.2) is 38.3 Å². The maximum Gasteiger partial charge on any atom is 0.258 e. The smallest absolute Gasteiger partial charge is 0.258 e. The summed E-state index contributed by atoms with van der Waals surface area (Å²) in [5.74, 6) is 0.628. The Morgan fingerprint density at radius 1 is 0.966 bits per heavy atom. The van der Waals surface area contributed by atoms with Gasteiger partial charge in [-0.05, 0) is 67.0 Å². The standard InChI is InChI=1S/C23H28N2O3S/c1-17-14-18(2)16-24(15-17)29(27,28)21-11-9-20(10-12-21)23(26)25-13-5-7-19-6-3-4-8-22(19)25/h3-4,6,8-12,17-18H,5,7,13-16H2,1-2H3. The second-order valence-corrected chi connectivity index (χ2v) is 10.4. The minimum absolute atomic E-state index is 0.0821. The molecule has 0 N–H and O–H groups in total. The third-order valence-corrected chi connectivity index (χ3v) is 7.78. The Morgan fingerprint density at radius 2 is 1.62 bits per heavy atom. The maximum absolute atomic E-state index is 13.1. The highest BCUT2D eigenvalue weighted by molar-refractivity contribution is 7.89. The minimum Gasteiger partial charge on any atom is -0.308 e. The molecule has 154 valence electrons. The number of carbonyl (C=O) groups excluding carboxylic acids is 1. The Hall–Kier alpha value is -2.18. The van der Waals surface area contributed by atoms with Crippen molar-refractivity contribution in [2.75, 3.05) is 24.5 Å². The van der Waals surface area contributed by atoms with Gasteiger partial charge in [-0.25, -0.2) is 8.42 Å². The van der Waals surface area contributed by atoms with Gasteiger partial charge < -0.3 is 4.90 Å². The Kier molecular flexibility index (Phi) is 5.49. The summed E-state index contributed by atoms with van der Waals surface area (Å²) in [4.78, 5) is 15.1. The molecule has 0 radical (unpaired) electrons. The van der Waals surface area contributed by atoms with Crippen molar-refractivity contribution in [3.63, 3.8) is 0 Å². The van der Waals surface area contributed by atoms with Gasteiger partial charge in [-0.15, -0.1) is 0 Å². The largest absolute Gasteiger partial charge is 0.308 e. The summed E-state index contributed by atoms with van der Waals surface area (Å²) in [5.41, 5.74) is 2.65. The Labute approximate surface area is 173 Å². The van der Waals surface area contributed by atoms with Crippen molar-refractivity contribution >= 4 is 21.6 Å². The Morgan fingerprint density at radius 3 is 2.31 bits per heavy atom. The highest BCUT2D eigenvalue weighted by Crippen LogP contribution is 2.29. The lowest BCUT2D eigenvalue weighted by Gasteiger charge is -2.34. The van der Waals surface area contributed by atoms with Crippen molar-refractivity contribution in [1.29, 1.82) is 0 Å². The molecule has 6 heteroatoms. The summed E-state index contributed by atoms with van der Waals surface area (Å²) >= 11 is 0. The number of fused-ring (bicyclic) bond motifs is 1. The second kappa shape index (κ2) is 7.92. The molecule has 2 aromatic carbocycles. The number of benzene rings is 2. The summed E-state index contributed by atoms with van der Waals surface area (Å²) < 4.78 is 27.7. The molecular formula is C23H28N2O3S. The molecule has 0 bridgehead atoms. The van der Waals surface area contributed by atoms with Crippen LogP contribution in [0.15, 0.2) is 53.4 Å². The molecular weight excluding hydrogens is 384 g/mol. The molecule has 5 nitrogen and oxygen atoms in total. The third kappa shape index (κ3) is 3.96. The van der Waals surface area contributed by atoms with E-state index < -0.39 is 10.0 Å². The molecule has 1 saturated heterocycles. The number of anilines is 1. The van der Waals surface area contributed by atoms with Gasteiger partial charge >= 0.3 is 0 Å². The quantitative estimate of drug-likeness (QED) is 0.767. The minimum atomic E-state index is -3.54. The van der Waals surface area contributed by atoms with Gasteiger partial charge in [0.25, 0.3) is 5.91 Å². The van der Waals surface area contributed by atoms with Gasteiger partial charge in [0.2, 0.25) is 10.0 Å². The molecule has 2 aromatic rings. The zero-order valence-corrected chi connectivity index (χ0v) is 17.9. The molecule has 0 aliphatic carbocycles. The molecule has 2 heterocycles. The van der Waals surface area contributed by atoms with Crippen LogP contribution in [0.2, 0.25) is 0 Å². The van der Waals surface area contributed by atoms with Crippen LogP contribution in [-0.2, 0) is 16.4 Å². The van der Waals surface area contributed by atoms with Crippen LogP contribution < -0.4 is 4.90 Å². The van der Waals surface area contributed by atoms with E-state index in [0.29, 0.717) is 37.0 Å². The second-order valence-electron chi connectivity index (χ2n) is 8.48. The van der Waals surface area contributed by atoms with Crippen LogP contribution in [0.4, 0.5) is 5.69 Å². The number of carbonyl (C=O) groups is 1. The number of aryl methyl sites for hydroxylation is 1. The molecule has 2 aliphatic heterocycles. The van der Waals surface area contributed by atoms with Gasteiger partial charge in [-0.3, -0.25) is 4.79 Å². The number of nitrogens with zero attached hydrogens (tertiary/aromatic N) is 2. The zero-order valence-electron chi connectivity index (χ0n) is 17.0. The number of piperidine rings is 1. The fraction of sp³-hybridized carbons (Fsp3) is 0.435. The summed E-state index contributed by atoms with van der Waals surface area (Å²) in [6.07, 6.45) is 2.96. The van der Waals surface area contributed by atoms with E-state index in [1.165, 1.54) is 5.56 Å². The molecule has 2 atom stereocenters. The maximum atomic E-state index is 13.1. The van der Waals surface area contributed by atoms with Crippen molar-refractivity contribution in [2.24, 2.45) is 11.8 Å². The Bertz CT molecular complexity index is 991. The summed E-state index contributed by atoms with van der Waals surface area (Å²) in [7, 11) is -3.54. The Balaban J connectivity index is 1.56. The molecule has 0 aromatic heterocycles. The van der Waals surface area contributed by atoms with Crippen LogP contribution >= 0.6 is 0 Å². The van der Waals surface area contributed by atoms with Crippen LogP contribution in [0, 0.1) is 11.8 Å². The monoisotopic (exact) mass is 412 g/mol. The van der Waals surface area contributed by atoms with Gasteiger partial charge in [-0.2, -0.15) is 4.31 Å². The number of hydrogen-bond acceptors (Lipinski definition) is 3. The number of rotatable bonds is 3. The first-order chi connectivity index (χ1) is 13.9. The van der Waals surface area contributed by atoms with E-state index in [0.717, 1.165) is 24.9 Å². The number of sulfonamides is 1. The lowest BCUT2D eigenvalue weighted by Crippen LogP contribution is -2.42. The highest BCUT2D eigenvalue weighted by Gasteiger charge is 2.32. The molecule has 0 saturated carbocycles. The number of hydrogen-bond donors (Lipinski definition) is 0. The third-order valence-electron chi connectivity index (χ3n) is 5.93. The van der Waals surface area contributed by atoms with Crippen molar-refractivity contribution in [3.05, 3.63) is 59.7 Å². The first-order valence-electron chi connectivity index (χ1n) is 10.4. The zero-order chi connectivity index (χ0) is 20.6. The van der Waals surface area contributed by atoms with E-state index in [1.54, 1.807) is 33.5 Å². The number of para-hydroxylation sites is 1. The van der Waals surface area contributed by atoms with Gasteiger partial charge in [-0.1, -0.05) is 32.0 Å². The van der Waals surface area contributed by atoms with E-state index in [9.17, 15) is 13.2 Å². The SMILES string of the molecule is CC1CC(C)CN(S(=O)(=O)c2ccc(C(=O)N3CCCc4ccccc43)cc2)C1.